The lowest BCUT2D eigenvalue weighted by molar-refractivity contribution is 0.0993. The molecule has 98 valence electrons. The first-order valence-corrected chi connectivity index (χ1v) is 5.89. The molecule has 0 fully saturated rings. The number of anilines is 2. The van der Waals surface area contributed by atoms with Crippen molar-refractivity contribution in [1.29, 1.82) is 0 Å². The predicted octanol–water partition coefficient (Wildman–Crippen LogP) is 2.99. The van der Waals surface area contributed by atoms with Gasteiger partial charge in [0.05, 0.1) is 5.56 Å². The maximum absolute atomic E-state index is 13.0. The van der Waals surface area contributed by atoms with E-state index in [9.17, 15) is 9.18 Å². The van der Waals surface area contributed by atoms with Gasteiger partial charge >= 0.3 is 0 Å². The first-order valence-electron chi connectivity index (χ1n) is 5.89. The molecule has 2 N–H and O–H groups in total. The Morgan fingerprint density at radius 2 is 1.89 bits per heavy atom. The Kier molecular flexibility index (Phi) is 3.51. The molecule has 2 rings (SSSR count). The summed E-state index contributed by atoms with van der Waals surface area (Å²) in [5.41, 5.74) is 7.92. The molecule has 4 heteroatoms. The van der Waals surface area contributed by atoms with Crippen LogP contribution in [0.15, 0.2) is 42.5 Å². The third kappa shape index (κ3) is 2.57. The first-order chi connectivity index (χ1) is 9.00. The number of rotatable bonds is 2. The van der Waals surface area contributed by atoms with Crippen LogP contribution in [0.5, 0.6) is 0 Å². The van der Waals surface area contributed by atoms with Crippen molar-refractivity contribution in [2.24, 2.45) is 0 Å². The average Bonchev–Trinajstić information content (AvgIpc) is 2.38. The topological polar surface area (TPSA) is 46.3 Å². The van der Waals surface area contributed by atoms with E-state index in [1.54, 1.807) is 7.05 Å². The van der Waals surface area contributed by atoms with Gasteiger partial charge in [0.15, 0.2) is 0 Å². The van der Waals surface area contributed by atoms with Crippen molar-refractivity contribution in [3.63, 3.8) is 0 Å². The van der Waals surface area contributed by atoms with Crippen molar-refractivity contribution in [2.45, 2.75) is 6.92 Å². The maximum atomic E-state index is 13.0. The van der Waals surface area contributed by atoms with Gasteiger partial charge in [-0.2, -0.15) is 0 Å². The van der Waals surface area contributed by atoms with E-state index in [0.717, 1.165) is 17.3 Å². The molecule has 0 aliphatic carbocycles. The molecule has 0 spiro atoms. The average molecular weight is 258 g/mol. The molecule has 0 radical (unpaired) electrons. The number of hydrogen-bond acceptors (Lipinski definition) is 2. The fraction of sp³-hybridized carbons (Fsp3) is 0.133. The molecule has 19 heavy (non-hydrogen) atoms. The van der Waals surface area contributed by atoms with Crippen LogP contribution in [0.1, 0.15) is 15.9 Å². The summed E-state index contributed by atoms with van der Waals surface area (Å²) in [7, 11) is 1.67. The van der Waals surface area contributed by atoms with E-state index in [0.29, 0.717) is 5.56 Å². The van der Waals surface area contributed by atoms with Crippen molar-refractivity contribution in [2.75, 3.05) is 17.7 Å². The van der Waals surface area contributed by atoms with Crippen molar-refractivity contribution >= 4 is 17.3 Å². The highest BCUT2D eigenvalue weighted by molar-refractivity contribution is 6.09. The third-order valence-electron chi connectivity index (χ3n) is 3.03. The van der Waals surface area contributed by atoms with Gasteiger partial charge in [-0.15, -0.1) is 0 Å². The molecule has 2 aromatic rings. The summed E-state index contributed by atoms with van der Waals surface area (Å²) in [6.07, 6.45) is 0. The molecule has 0 aromatic heterocycles. The van der Waals surface area contributed by atoms with E-state index in [4.69, 9.17) is 5.73 Å². The highest BCUT2D eigenvalue weighted by Gasteiger charge is 2.17. The number of nitrogens with two attached hydrogens (primary N) is 1. The van der Waals surface area contributed by atoms with E-state index in [1.807, 2.05) is 31.2 Å². The summed E-state index contributed by atoms with van der Waals surface area (Å²) in [5, 5.41) is 0. The second-order valence-electron chi connectivity index (χ2n) is 4.38. The van der Waals surface area contributed by atoms with Crippen LogP contribution in [0.2, 0.25) is 0 Å². The lowest BCUT2D eigenvalue weighted by atomic mass is 10.1. The Labute approximate surface area is 111 Å². The second-order valence-corrected chi connectivity index (χ2v) is 4.38. The van der Waals surface area contributed by atoms with Crippen LogP contribution < -0.4 is 10.6 Å². The van der Waals surface area contributed by atoms with E-state index < -0.39 is 5.82 Å². The summed E-state index contributed by atoms with van der Waals surface area (Å²) in [4.78, 5) is 13.9. The zero-order chi connectivity index (χ0) is 14.0. The molecule has 0 heterocycles. The smallest absolute Gasteiger partial charge is 0.260 e. The Morgan fingerprint density at radius 1 is 1.21 bits per heavy atom. The fourth-order valence-electron chi connectivity index (χ4n) is 1.96. The molecule has 0 atom stereocenters. The number of carbonyl (C=O) groups is 1. The molecule has 1 amide bonds. The van der Waals surface area contributed by atoms with Crippen LogP contribution in [0.4, 0.5) is 15.8 Å². The van der Waals surface area contributed by atoms with E-state index in [2.05, 4.69) is 0 Å². The summed E-state index contributed by atoms with van der Waals surface area (Å²) < 4.78 is 13.0. The SMILES string of the molecule is Cc1ccccc1N(C)C(=O)c1ccc(F)cc1N. The quantitative estimate of drug-likeness (QED) is 0.842. The van der Waals surface area contributed by atoms with Crippen LogP contribution in [0.25, 0.3) is 0 Å². The summed E-state index contributed by atoms with van der Waals surface area (Å²) in [6.45, 7) is 1.92. The normalized spacial score (nSPS) is 10.3. The Morgan fingerprint density at radius 3 is 2.53 bits per heavy atom. The zero-order valence-corrected chi connectivity index (χ0v) is 10.9. The van der Waals surface area contributed by atoms with Gasteiger partial charge in [-0.25, -0.2) is 4.39 Å². The molecular weight excluding hydrogens is 243 g/mol. The Bertz CT molecular complexity index is 625. The second kappa shape index (κ2) is 5.10. The largest absolute Gasteiger partial charge is 0.398 e. The lowest BCUT2D eigenvalue weighted by Gasteiger charge is -2.20. The molecule has 0 aliphatic rings. The minimum absolute atomic E-state index is 0.144. The van der Waals surface area contributed by atoms with E-state index in [-0.39, 0.29) is 11.6 Å². The van der Waals surface area contributed by atoms with E-state index >= 15 is 0 Å². The number of hydrogen-bond donors (Lipinski definition) is 1. The minimum Gasteiger partial charge on any atom is -0.398 e. The van der Waals surface area contributed by atoms with Gasteiger partial charge < -0.3 is 10.6 Å². The van der Waals surface area contributed by atoms with Crippen LogP contribution in [-0.2, 0) is 0 Å². The molecule has 0 saturated carbocycles. The first kappa shape index (κ1) is 13.1. The number of halogens is 1. The van der Waals surface area contributed by atoms with Gasteiger partial charge in [0.1, 0.15) is 5.82 Å². The van der Waals surface area contributed by atoms with Gasteiger partial charge in [0.2, 0.25) is 0 Å². The van der Waals surface area contributed by atoms with Gasteiger partial charge in [0, 0.05) is 18.4 Å². The molecular formula is C15H15FN2O. The zero-order valence-electron chi connectivity index (χ0n) is 10.9. The summed E-state index contributed by atoms with van der Waals surface area (Å²) in [5.74, 6) is -0.709. The minimum atomic E-state index is -0.451. The molecule has 3 nitrogen and oxygen atoms in total. The maximum Gasteiger partial charge on any atom is 0.260 e. The standard InChI is InChI=1S/C15H15FN2O/c1-10-5-3-4-6-14(10)18(2)15(19)12-8-7-11(16)9-13(12)17/h3-9H,17H2,1-2H3. The Balaban J connectivity index is 2.37. The number of amides is 1. The number of carbonyl (C=O) groups excluding carboxylic acids is 1. The lowest BCUT2D eigenvalue weighted by Crippen LogP contribution is -2.27. The predicted molar refractivity (Wildman–Crippen MR) is 74.7 cm³/mol. The number of nitrogen functional groups attached to an aromatic ring is 1. The van der Waals surface area contributed by atoms with Crippen molar-refractivity contribution < 1.29 is 9.18 Å². The molecule has 0 unspecified atom stereocenters. The van der Waals surface area contributed by atoms with Crippen LogP contribution in [-0.4, -0.2) is 13.0 Å². The van der Waals surface area contributed by atoms with Crippen LogP contribution in [0.3, 0.4) is 0 Å². The molecule has 0 aliphatic heterocycles. The van der Waals surface area contributed by atoms with Crippen LogP contribution in [0, 0.1) is 12.7 Å². The summed E-state index contributed by atoms with van der Waals surface area (Å²) >= 11 is 0. The van der Waals surface area contributed by atoms with Gasteiger partial charge in [-0.05, 0) is 36.8 Å². The Hall–Kier alpha value is -2.36. The highest BCUT2D eigenvalue weighted by Crippen LogP contribution is 2.22. The van der Waals surface area contributed by atoms with Gasteiger partial charge in [0.25, 0.3) is 5.91 Å². The van der Waals surface area contributed by atoms with Gasteiger partial charge in [-0.3, -0.25) is 4.79 Å². The highest BCUT2D eigenvalue weighted by atomic mass is 19.1. The number of benzene rings is 2. The van der Waals surface area contributed by atoms with E-state index in [1.165, 1.54) is 17.0 Å². The van der Waals surface area contributed by atoms with Crippen molar-refractivity contribution in [3.8, 4) is 0 Å². The van der Waals surface area contributed by atoms with Crippen LogP contribution >= 0.6 is 0 Å². The number of aryl methyl sites for hydroxylation is 1. The third-order valence-corrected chi connectivity index (χ3v) is 3.03. The fourth-order valence-corrected chi connectivity index (χ4v) is 1.96. The van der Waals surface area contributed by atoms with Crippen molar-refractivity contribution in [3.05, 3.63) is 59.4 Å². The van der Waals surface area contributed by atoms with Crippen molar-refractivity contribution in [1.82, 2.24) is 0 Å². The number of nitrogens with zero attached hydrogens (tertiary/aromatic N) is 1. The molecule has 2 aromatic carbocycles. The molecule has 0 saturated heterocycles. The molecule has 0 bridgehead atoms. The van der Waals surface area contributed by atoms with Gasteiger partial charge in [-0.1, -0.05) is 18.2 Å². The number of para-hydroxylation sites is 1. The monoisotopic (exact) mass is 258 g/mol. The summed E-state index contributed by atoms with van der Waals surface area (Å²) in [6, 6.07) is 11.3.